The fraction of sp³-hybridized carbons (Fsp3) is 0.500. The molecule has 5 heteroatoms. The summed E-state index contributed by atoms with van der Waals surface area (Å²) in [6, 6.07) is 5.98. The molecule has 0 aliphatic heterocycles. The first kappa shape index (κ1) is 19.4. The molecule has 2 amide bonds. The van der Waals surface area contributed by atoms with Gasteiger partial charge in [-0.2, -0.15) is 0 Å². The second-order valence-corrected chi connectivity index (χ2v) is 5.63. The zero-order chi connectivity index (χ0) is 17.4. The van der Waals surface area contributed by atoms with E-state index in [0.29, 0.717) is 6.54 Å². The minimum atomic E-state index is -0.0211. The summed E-state index contributed by atoms with van der Waals surface area (Å²) >= 11 is 6.13. The van der Waals surface area contributed by atoms with Crippen LogP contribution in [-0.4, -0.2) is 29.0 Å². The molecule has 0 aliphatic carbocycles. The molecule has 2 aromatic rings. The molecule has 0 atom stereocenters. The van der Waals surface area contributed by atoms with Crippen molar-refractivity contribution in [3.05, 3.63) is 34.5 Å². The summed E-state index contributed by atoms with van der Waals surface area (Å²) in [7, 11) is 0. The number of aryl methyl sites for hydroxylation is 1. The molecule has 1 aromatic carbocycles. The van der Waals surface area contributed by atoms with E-state index in [2.05, 4.69) is 17.2 Å². The fourth-order valence-electron chi connectivity index (χ4n) is 2.37. The molecule has 0 fully saturated rings. The summed E-state index contributed by atoms with van der Waals surface area (Å²) < 4.78 is 0. The van der Waals surface area contributed by atoms with Crippen molar-refractivity contribution in [3.8, 4) is 0 Å². The number of fused-ring (bicyclic) bond motifs is 1. The average Bonchev–Trinajstić information content (AvgIpc) is 2.94. The van der Waals surface area contributed by atoms with Crippen molar-refractivity contribution < 1.29 is 4.79 Å². The van der Waals surface area contributed by atoms with E-state index in [1.165, 1.54) is 0 Å². The predicted octanol–water partition coefficient (Wildman–Crippen LogP) is 5.10. The van der Waals surface area contributed by atoms with E-state index in [0.717, 1.165) is 46.7 Å². The Bertz CT molecular complexity index is 597. The largest absolute Gasteiger partial charge is 0.357 e. The number of carbonyl (C=O) groups is 1. The third-order valence-electron chi connectivity index (χ3n) is 3.55. The number of H-pyrrole nitrogens is 1. The number of benzene rings is 1. The molecule has 2 rings (SSSR count). The third-order valence-corrected chi connectivity index (χ3v) is 3.96. The van der Waals surface area contributed by atoms with Crippen molar-refractivity contribution >= 4 is 28.5 Å². The lowest BCUT2D eigenvalue weighted by Crippen LogP contribution is -2.39. The van der Waals surface area contributed by atoms with Gasteiger partial charge < -0.3 is 15.2 Å². The molecule has 0 unspecified atom stereocenters. The van der Waals surface area contributed by atoms with Crippen molar-refractivity contribution in [2.45, 2.75) is 47.6 Å². The maximum atomic E-state index is 12.0. The van der Waals surface area contributed by atoms with Gasteiger partial charge in [-0.05, 0) is 44.0 Å². The SMILES string of the molecule is CC.CCCN(CC)C(=O)NCc1cc2cc(Cl)c(C)cc2[nH]1. The number of amides is 2. The highest BCUT2D eigenvalue weighted by Gasteiger charge is 2.10. The van der Waals surface area contributed by atoms with E-state index in [4.69, 9.17) is 11.6 Å². The van der Waals surface area contributed by atoms with E-state index in [9.17, 15) is 4.79 Å². The molecule has 0 saturated heterocycles. The van der Waals surface area contributed by atoms with E-state index >= 15 is 0 Å². The van der Waals surface area contributed by atoms with Crippen LogP contribution in [0, 0.1) is 6.92 Å². The van der Waals surface area contributed by atoms with Gasteiger partial charge in [-0.25, -0.2) is 4.79 Å². The van der Waals surface area contributed by atoms with Gasteiger partial charge in [0, 0.05) is 34.7 Å². The standard InChI is InChI=1S/C16H22ClN3O.C2H6/c1-4-6-20(5-2)16(21)18-10-13-8-12-9-14(17)11(3)7-15(12)19-13;1-2/h7-9,19H,4-6,10H2,1-3H3,(H,18,21);1-2H3. The molecule has 2 N–H and O–H groups in total. The smallest absolute Gasteiger partial charge is 0.317 e. The van der Waals surface area contributed by atoms with Gasteiger partial charge in [0.1, 0.15) is 0 Å². The van der Waals surface area contributed by atoms with Gasteiger partial charge in [0.15, 0.2) is 0 Å². The van der Waals surface area contributed by atoms with Gasteiger partial charge >= 0.3 is 6.03 Å². The molecule has 4 nitrogen and oxygen atoms in total. The number of halogens is 1. The molecule has 0 spiro atoms. The third kappa shape index (κ3) is 5.17. The Morgan fingerprint density at radius 2 is 1.96 bits per heavy atom. The average molecular weight is 338 g/mol. The van der Waals surface area contributed by atoms with Gasteiger partial charge in [0.25, 0.3) is 0 Å². The molecular weight excluding hydrogens is 310 g/mol. The summed E-state index contributed by atoms with van der Waals surface area (Å²) in [5.74, 6) is 0. The van der Waals surface area contributed by atoms with Gasteiger partial charge in [-0.1, -0.05) is 32.4 Å². The van der Waals surface area contributed by atoms with Crippen molar-refractivity contribution in [1.82, 2.24) is 15.2 Å². The van der Waals surface area contributed by atoms with Gasteiger partial charge in [0.2, 0.25) is 0 Å². The van der Waals surface area contributed by atoms with Crippen molar-refractivity contribution in [3.63, 3.8) is 0 Å². The van der Waals surface area contributed by atoms with Crippen LogP contribution in [-0.2, 0) is 6.54 Å². The first-order valence-corrected chi connectivity index (χ1v) is 8.73. The van der Waals surface area contributed by atoms with E-state index < -0.39 is 0 Å². The van der Waals surface area contributed by atoms with Crippen LogP contribution in [0.4, 0.5) is 4.79 Å². The van der Waals surface area contributed by atoms with E-state index in [1.54, 1.807) is 0 Å². The number of hydrogen-bond donors (Lipinski definition) is 2. The summed E-state index contributed by atoms with van der Waals surface area (Å²) in [4.78, 5) is 17.2. The summed E-state index contributed by atoms with van der Waals surface area (Å²) in [6.45, 7) is 12.0. The molecule has 0 bridgehead atoms. The quantitative estimate of drug-likeness (QED) is 0.783. The number of nitrogens with zero attached hydrogens (tertiary/aromatic N) is 1. The normalized spacial score (nSPS) is 10.2. The molecule has 0 aliphatic rings. The highest BCUT2D eigenvalue weighted by molar-refractivity contribution is 6.32. The fourth-order valence-corrected chi connectivity index (χ4v) is 2.54. The monoisotopic (exact) mass is 337 g/mol. The number of nitrogens with one attached hydrogen (secondary N) is 2. The van der Waals surface area contributed by atoms with Crippen LogP contribution in [0.2, 0.25) is 5.02 Å². The van der Waals surface area contributed by atoms with Crippen molar-refractivity contribution in [2.24, 2.45) is 0 Å². The molecular formula is C18H28ClN3O. The van der Waals surface area contributed by atoms with E-state index in [-0.39, 0.29) is 6.03 Å². The lowest BCUT2D eigenvalue weighted by molar-refractivity contribution is 0.200. The number of aromatic amines is 1. The molecule has 1 heterocycles. The van der Waals surface area contributed by atoms with E-state index in [1.807, 2.05) is 50.8 Å². The maximum absolute atomic E-state index is 12.0. The maximum Gasteiger partial charge on any atom is 0.317 e. The number of hydrogen-bond acceptors (Lipinski definition) is 1. The second-order valence-electron chi connectivity index (χ2n) is 5.22. The molecule has 0 radical (unpaired) electrons. The Kier molecular flexibility index (Phi) is 7.96. The van der Waals surface area contributed by atoms with Gasteiger partial charge in [-0.15, -0.1) is 0 Å². The molecule has 23 heavy (non-hydrogen) atoms. The Hall–Kier alpha value is -1.68. The Labute approximate surface area is 144 Å². The van der Waals surface area contributed by atoms with Crippen LogP contribution in [0.15, 0.2) is 18.2 Å². The van der Waals surface area contributed by atoms with Gasteiger partial charge in [-0.3, -0.25) is 0 Å². The minimum absolute atomic E-state index is 0.0211. The molecule has 128 valence electrons. The lowest BCUT2D eigenvalue weighted by Gasteiger charge is -2.20. The minimum Gasteiger partial charge on any atom is -0.357 e. The summed E-state index contributed by atoms with van der Waals surface area (Å²) in [6.07, 6.45) is 0.964. The lowest BCUT2D eigenvalue weighted by atomic mass is 10.2. The van der Waals surface area contributed by atoms with Crippen LogP contribution < -0.4 is 5.32 Å². The zero-order valence-electron chi connectivity index (χ0n) is 14.8. The van der Waals surface area contributed by atoms with Crippen LogP contribution in [0.1, 0.15) is 45.4 Å². The molecule has 0 saturated carbocycles. The second kappa shape index (κ2) is 9.46. The van der Waals surface area contributed by atoms with Crippen LogP contribution in [0.5, 0.6) is 0 Å². The van der Waals surface area contributed by atoms with Crippen LogP contribution in [0.3, 0.4) is 0 Å². The van der Waals surface area contributed by atoms with Crippen molar-refractivity contribution in [1.29, 1.82) is 0 Å². The zero-order valence-corrected chi connectivity index (χ0v) is 15.5. The van der Waals surface area contributed by atoms with Crippen molar-refractivity contribution in [2.75, 3.05) is 13.1 Å². The summed E-state index contributed by atoms with van der Waals surface area (Å²) in [5.41, 5.74) is 3.07. The Balaban J connectivity index is 0.00000127. The number of urea groups is 1. The predicted molar refractivity (Wildman–Crippen MR) is 99.2 cm³/mol. The Morgan fingerprint density at radius 3 is 2.57 bits per heavy atom. The van der Waals surface area contributed by atoms with Crippen LogP contribution in [0.25, 0.3) is 10.9 Å². The number of rotatable bonds is 5. The molecule has 1 aromatic heterocycles. The highest BCUT2D eigenvalue weighted by atomic mass is 35.5. The first-order chi connectivity index (χ1) is 11.0. The highest BCUT2D eigenvalue weighted by Crippen LogP contribution is 2.23. The number of carbonyl (C=O) groups excluding carboxylic acids is 1. The van der Waals surface area contributed by atoms with Gasteiger partial charge in [0.05, 0.1) is 6.54 Å². The topological polar surface area (TPSA) is 48.1 Å². The Morgan fingerprint density at radius 1 is 1.26 bits per heavy atom. The first-order valence-electron chi connectivity index (χ1n) is 8.35. The number of aromatic nitrogens is 1. The summed E-state index contributed by atoms with van der Waals surface area (Å²) in [5, 5.41) is 4.77. The van der Waals surface area contributed by atoms with Crippen LogP contribution >= 0.6 is 11.6 Å².